The second kappa shape index (κ2) is 5.95. The van der Waals surface area contributed by atoms with E-state index < -0.39 is 5.91 Å². The Morgan fingerprint density at radius 3 is 2.22 bits per heavy atom. The van der Waals surface area contributed by atoms with Crippen LogP contribution >= 0.6 is 0 Å². The Bertz CT molecular complexity index is 758. The zero-order chi connectivity index (χ0) is 17.4. The maximum Gasteiger partial charge on any atom is 0.259 e. The van der Waals surface area contributed by atoms with Crippen LogP contribution in [0.25, 0.3) is 0 Å². The second-order valence-corrected chi connectivity index (χ2v) is 6.93. The summed E-state index contributed by atoms with van der Waals surface area (Å²) in [6.45, 7) is 9.74. The third-order valence-corrected chi connectivity index (χ3v) is 3.71. The van der Waals surface area contributed by atoms with E-state index in [9.17, 15) is 15.0 Å². The smallest absolute Gasteiger partial charge is 0.259 e. The molecule has 4 heteroatoms. The van der Waals surface area contributed by atoms with E-state index in [4.69, 9.17) is 0 Å². The number of hydrogen-bond acceptors (Lipinski definition) is 3. The molecule has 0 unspecified atom stereocenters. The summed E-state index contributed by atoms with van der Waals surface area (Å²) in [5, 5.41) is 23.1. The van der Waals surface area contributed by atoms with Crippen molar-refractivity contribution in [2.45, 2.75) is 40.0 Å². The number of nitrogens with one attached hydrogen (secondary N) is 1. The van der Waals surface area contributed by atoms with Gasteiger partial charge in [-0.25, -0.2) is 0 Å². The van der Waals surface area contributed by atoms with Crippen molar-refractivity contribution < 1.29 is 15.0 Å². The van der Waals surface area contributed by atoms with Crippen molar-refractivity contribution in [2.75, 3.05) is 5.32 Å². The lowest BCUT2D eigenvalue weighted by atomic mass is 9.85. The summed E-state index contributed by atoms with van der Waals surface area (Å²) in [6, 6.07) is 8.48. The lowest BCUT2D eigenvalue weighted by Crippen LogP contribution is -2.16. The van der Waals surface area contributed by atoms with Gasteiger partial charge in [0.25, 0.3) is 5.91 Å². The molecule has 2 rings (SSSR count). The molecule has 0 bridgehead atoms. The number of rotatable bonds is 2. The molecule has 23 heavy (non-hydrogen) atoms. The molecule has 0 aliphatic rings. The van der Waals surface area contributed by atoms with Crippen molar-refractivity contribution in [3.8, 4) is 11.5 Å². The molecule has 2 aromatic rings. The second-order valence-electron chi connectivity index (χ2n) is 6.93. The monoisotopic (exact) mass is 313 g/mol. The molecule has 0 spiro atoms. The molecule has 1 amide bonds. The van der Waals surface area contributed by atoms with Gasteiger partial charge in [-0.3, -0.25) is 4.79 Å². The Hall–Kier alpha value is -2.49. The Labute approximate surface area is 136 Å². The van der Waals surface area contributed by atoms with E-state index in [1.165, 1.54) is 6.07 Å². The zero-order valence-corrected chi connectivity index (χ0v) is 14.2. The number of phenolic OH excluding ortho intramolecular Hbond substituents is 2. The standard InChI is InChI=1S/C19H23NO3/c1-11-6-7-13(16(21)10-11)18(23)20-15-9-12(2)8-14(17(15)22)19(3,4)5/h6-10,21-22H,1-5H3,(H,20,23). The Morgan fingerprint density at radius 1 is 1.00 bits per heavy atom. The SMILES string of the molecule is Cc1ccc(C(=O)Nc2cc(C)cc(C(C)(C)C)c2O)c(O)c1. The molecule has 122 valence electrons. The Morgan fingerprint density at radius 2 is 1.65 bits per heavy atom. The number of anilines is 1. The van der Waals surface area contributed by atoms with E-state index in [2.05, 4.69) is 5.32 Å². The van der Waals surface area contributed by atoms with Crippen molar-refractivity contribution in [2.24, 2.45) is 0 Å². The highest BCUT2D eigenvalue weighted by atomic mass is 16.3. The minimum absolute atomic E-state index is 0.0584. The van der Waals surface area contributed by atoms with Crippen LogP contribution in [0.2, 0.25) is 0 Å². The van der Waals surface area contributed by atoms with Crippen LogP contribution in [0.1, 0.15) is 47.8 Å². The van der Waals surface area contributed by atoms with Crippen molar-refractivity contribution in [3.05, 3.63) is 52.6 Å². The fourth-order valence-electron chi connectivity index (χ4n) is 2.47. The predicted molar refractivity (Wildman–Crippen MR) is 92.3 cm³/mol. The minimum Gasteiger partial charge on any atom is -0.507 e. The summed E-state index contributed by atoms with van der Waals surface area (Å²) in [5.74, 6) is -0.475. The third-order valence-electron chi connectivity index (χ3n) is 3.71. The van der Waals surface area contributed by atoms with Crippen molar-refractivity contribution in [3.63, 3.8) is 0 Å². The Balaban J connectivity index is 2.40. The van der Waals surface area contributed by atoms with Gasteiger partial charge < -0.3 is 15.5 Å². The van der Waals surface area contributed by atoms with Crippen LogP contribution in [0.3, 0.4) is 0 Å². The average molecular weight is 313 g/mol. The van der Waals surface area contributed by atoms with Gasteiger partial charge in [-0.05, 0) is 48.6 Å². The van der Waals surface area contributed by atoms with Crippen LogP contribution in [-0.4, -0.2) is 16.1 Å². The molecule has 4 nitrogen and oxygen atoms in total. The number of aromatic hydroxyl groups is 2. The van der Waals surface area contributed by atoms with Crippen LogP contribution in [0.5, 0.6) is 11.5 Å². The molecular formula is C19H23NO3. The van der Waals surface area contributed by atoms with Gasteiger partial charge in [0.2, 0.25) is 0 Å². The van der Waals surface area contributed by atoms with Gasteiger partial charge in [-0.2, -0.15) is 0 Å². The highest BCUT2D eigenvalue weighted by Crippen LogP contribution is 2.37. The lowest BCUT2D eigenvalue weighted by Gasteiger charge is -2.23. The number of carbonyl (C=O) groups excluding carboxylic acids is 1. The quantitative estimate of drug-likeness (QED) is 0.725. The van der Waals surface area contributed by atoms with Gasteiger partial charge in [0.05, 0.1) is 11.3 Å². The van der Waals surface area contributed by atoms with Crippen LogP contribution in [0, 0.1) is 13.8 Å². The van der Waals surface area contributed by atoms with Crippen molar-refractivity contribution in [1.82, 2.24) is 0 Å². The number of amides is 1. The van der Waals surface area contributed by atoms with Gasteiger partial charge in [0.1, 0.15) is 11.5 Å². The highest BCUT2D eigenvalue weighted by Gasteiger charge is 2.22. The van der Waals surface area contributed by atoms with Crippen LogP contribution in [0.15, 0.2) is 30.3 Å². The molecule has 0 aliphatic heterocycles. The first kappa shape index (κ1) is 16.9. The van der Waals surface area contributed by atoms with Gasteiger partial charge in [0.15, 0.2) is 0 Å². The molecular weight excluding hydrogens is 290 g/mol. The molecule has 0 aliphatic carbocycles. The molecule has 2 aromatic carbocycles. The van der Waals surface area contributed by atoms with E-state index in [0.717, 1.165) is 16.7 Å². The summed E-state index contributed by atoms with van der Waals surface area (Å²) < 4.78 is 0. The van der Waals surface area contributed by atoms with E-state index >= 15 is 0 Å². The summed E-state index contributed by atoms with van der Waals surface area (Å²) >= 11 is 0. The Kier molecular flexibility index (Phi) is 4.37. The van der Waals surface area contributed by atoms with Gasteiger partial charge in [-0.15, -0.1) is 0 Å². The largest absolute Gasteiger partial charge is 0.507 e. The number of hydrogen-bond donors (Lipinski definition) is 3. The fourth-order valence-corrected chi connectivity index (χ4v) is 2.47. The van der Waals surface area contributed by atoms with Crippen molar-refractivity contribution in [1.29, 1.82) is 0 Å². The summed E-state index contributed by atoms with van der Waals surface area (Å²) in [7, 11) is 0. The molecule has 3 N–H and O–H groups in total. The number of benzene rings is 2. The summed E-state index contributed by atoms with van der Waals surface area (Å²) in [5.41, 5.74) is 2.85. The molecule has 0 saturated heterocycles. The average Bonchev–Trinajstić information content (AvgIpc) is 2.41. The lowest BCUT2D eigenvalue weighted by molar-refractivity contribution is 0.102. The van der Waals surface area contributed by atoms with E-state index in [1.54, 1.807) is 18.2 Å². The van der Waals surface area contributed by atoms with Gasteiger partial charge in [-0.1, -0.05) is 32.9 Å². The van der Waals surface area contributed by atoms with E-state index in [0.29, 0.717) is 5.69 Å². The number of aryl methyl sites for hydroxylation is 2. The van der Waals surface area contributed by atoms with Gasteiger partial charge in [0, 0.05) is 5.56 Å². The fraction of sp³-hybridized carbons (Fsp3) is 0.316. The minimum atomic E-state index is -0.455. The molecule has 0 atom stereocenters. The first-order valence-electron chi connectivity index (χ1n) is 7.54. The van der Waals surface area contributed by atoms with Crippen LogP contribution in [0.4, 0.5) is 5.69 Å². The molecule has 0 saturated carbocycles. The predicted octanol–water partition coefficient (Wildman–Crippen LogP) is 4.26. The summed E-state index contributed by atoms with van der Waals surface area (Å²) in [4.78, 5) is 12.4. The topological polar surface area (TPSA) is 69.6 Å². The van der Waals surface area contributed by atoms with E-state index in [1.807, 2.05) is 40.7 Å². The first-order valence-corrected chi connectivity index (χ1v) is 7.54. The molecule has 0 heterocycles. The first-order chi connectivity index (χ1) is 10.6. The van der Waals surface area contributed by atoms with E-state index in [-0.39, 0.29) is 22.5 Å². The third kappa shape index (κ3) is 3.65. The molecule has 0 fully saturated rings. The van der Waals surface area contributed by atoms with Crippen molar-refractivity contribution >= 4 is 11.6 Å². The number of phenols is 2. The molecule has 0 radical (unpaired) electrons. The van der Waals surface area contributed by atoms with Crippen LogP contribution in [-0.2, 0) is 5.41 Å². The zero-order valence-electron chi connectivity index (χ0n) is 14.2. The normalized spacial score (nSPS) is 11.3. The highest BCUT2D eigenvalue weighted by molar-refractivity contribution is 6.07. The van der Waals surface area contributed by atoms with Crippen LogP contribution < -0.4 is 5.32 Å². The maximum atomic E-state index is 12.4. The number of carbonyl (C=O) groups is 1. The summed E-state index contributed by atoms with van der Waals surface area (Å²) in [6.07, 6.45) is 0. The van der Waals surface area contributed by atoms with Gasteiger partial charge >= 0.3 is 0 Å². The maximum absolute atomic E-state index is 12.4. The molecule has 0 aromatic heterocycles.